The van der Waals surface area contributed by atoms with Crippen LogP contribution in [0.15, 0.2) is 29.1 Å². The Morgan fingerprint density at radius 2 is 1.76 bits per heavy atom. The number of amides is 1. The zero-order chi connectivity index (χ0) is 18.6. The van der Waals surface area contributed by atoms with Crippen LogP contribution in [0, 0.1) is 6.92 Å². The number of rotatable bonds is 5. The molecule has 0 spiro atoms. The maximum atomic E-state index is 12.5. The molecule has 0 bridgehead atoms. The number of esters is 1. The van der Waals surface area contributed by atoms with E-state index in [1.165, 1.54) is 27.4 Å². The molecule has 0 aliphatic carbocycles. The Morgan fingerprint density at radius 1 is 1.04 bits per heavy atom. The van der Waals surface area contributed by atoms with Gasteiger partial charge in [0, 0.05) is 11.8 Å². The van der Waals surface area contributed by atoms with Crippen molar-refractivity contribution in [3.63, 3.8) is 0 Å². The molecule has 8 heteroatoms. The van der Waals surface area contributed by atoms with Gasteiger partial charge in [0.2, 0.25) is 0 Å². The number of aromatic amines is 1. The zero-order valence-electron chi connectivity index (χ0n) is 14.3. The van der Waals surface area contributed by atoms with E-state index in [1.54, 1.807) is 25.1 Å². The number of ether oxygens (including phenoxy) is 3. The number of benzene rings is 1. The lowest BCUT2D eigenvalue weighted by Gasteiger charge is -2.12. The summed E-state index contributed by atoms with van der Waals surface area (Å²) in [5.41, 5.74) is -0.107. The summed E-state index contributed by atoms with van der Waals surface area (Å²) in [6.45, 7) is 1.54. The molecule has 2 aromatic rings. The molecule has 1 heterocycles. The van der Waals surface area contributed by atoms with Crippen molar-refractivity contribution in [2.45, 2.75) is 6.92 Å². The third-order valence-corrected chi connectivity index (χ3v) is 3.54. The summed E-state index contributed by atoms with van der Waals surface area (Å²) in [5, 5.41) is 2.58. The smallest absolute Gasteiger partial charge is 0.339 e. The van der Waals surface area contributed by atoms with Crippen LogP contribution in [0.2, 0.25) is 0 Å². The minimum absolute atomic E-state index is 0.102. The van der Waals surface area contributed by atoms with Gasteiger partial charge in [-0.05, 0) is 25.1 Å². The Balaban J connectivity index is 2.42. The number of hydrogen-bond acceptors (Lipinski definition) is 6. The molecule has 132 valence electrons. The van der Waals surface area contributed by atoms with Gasteiger partial charge in [-0.3, -0.25) is 9.59 Å². The van der Waals surface area contributed by atoms with Gasteiger partial charge in [0.1, 0.15) is 17.1 Å². The van der Waals surface area contributed by atoms with Crippen LogP contribution in [-0.4, -0.2) is 38.2 Å². The van der Waals surface area contributed by atoms with E-state index in [4.69, 9.17) is 9.47 Å². The first-order chi connectivity index (χ1) is 11.9. The van der Waals surface area contributed by atoms with Crippen molar-refractivity contribution in [1.82, 2.24) is 4.98 Å². The Labute approximate surface area is 143 Å². The minimum atomic E-state index is -0.696. The van der Waals surface area contributed by atoms with E-state index < -0.39 is 17.4 Å². The highest BCUT2D eigenvalue weighted by Gasteiger charge is 2.19. The fourth-order valence-electron chi connectivity index (χ4n) is 2.22. The molecule has 8 nitrogen and oxygen atoms in total. The average Bonchev–Trinajstić information content (AvgIpc) is 2.60. The summed E-state index contributed by atoms with van der Waals surface area (Å²) in [4.78, 5) is 38.8. The highest BCUT2D eigenvalue weighted by molar-refractivity contribution is 6.06. The highest BCUT2D eigenvalue weighted by atomic mass is 16.5. The number of pyridine rings is 1. The van der Waals surface area contributed by atoms with E-state index in [-0.39, 0.29) is 11.1 Å². The van der Waals surface area contributed by atoms with Gasteiger partial charge in [0.25, 0.3) is 11.5 Å². The molecular weight excluding hydrogens is 328 g/mol. The first-order valence-electron chi connectivity index (χ1n) is 7.26. The summed E-state index contributed by atoms with van der Waals surface area (Å²) in [5.74, 6) is -0.449. The molecule has 0 aliphatic rings. The fraction of sp³-hybridized carbons (Fsp3) is 0.235. The monoisotopic (exact) mass is 346 g/mol. The quantitative estimate of drug-likeness (QED) is 0.799. The Kier molecular flexibility index (Phi) is 5.43. The second kappa shape index (κ2) is 7.52. The molecular formula is C17H18N2O6. The number of aromatic nitrogens is 1. The summed E-state index contributed by atoms with van der Waals surface area (Å²) in [6, 6.07) is 6.04. The van der Waals surface area contributed by atoms with E-state index >= 15 is 0 Å². The van der Waals surface area contributed by atoms with E-state index in [0.717, 1.165) is 0 Å². The van der Waals surface area contributed by atoms with E-state index in [0.29, 0.717) is 22.9 Å². The van der Waals surface area contributed by atoms with Crippen molar-refractivity contribution >= 4 is 17.6 Å². The van der Waals surface area contributed by atoms with Gasteiger partial charge in [-0.15, -0.1) is 0 Å². The van der Waals surface area contributed by atoms with Crippen molar-refractivity contribution in [2.24, 2.45) is 0 Å². The Hall–Kier alpha value is -3.29. The molecule has 1 aromatic heterocycles. The van der Waals surface area contributed by atoms with Gasteiger partial charge in [-0.25, -0.2) is 4.79 Å². The number of carbonyl (C=O) groups is 2. The number of anilines is 1. The van der Waals surface area contributed by atoms with Gasteiger partial charge in [-0.1, -0.05) is 0 Å². The van der Waals surface area contributed by atoms with E-state index in [2.05, 4.69) is 15.0 Å². The minimum Gasteiger partial charge on any atom is -0.497 e. The number of carbonyl (C=O) groups excluding carboxylic acids is 2. The van der Waals surface area contributed by atoms with Gasteiger partial charge in [0.05, 0.1) is 32.6 Å². The van der Waals surface area contributed by atoms with Crippen molar-refractivity contribution in [3.05, 3.63) is 51.4 Å². The fourth-order valence-corrected chi connectivity index (χ4v) is 2.22. The summed E-state index contributed by atoms with van der Waals surface area (Å²) < 4.78 is 14.9. The molecule has 0 fully saturated rings. The molecule has 25 heavy (non-hydrogen) atoms. The van der Waals surface area contributed by atoms with Crippen LogP contribution < -0.4 is 20.3 Å². The summed E-state index contributed by atoms with van der Waals surface area (Å²) in [6.07, 6.45) is 0. The summed E-state index contributed by atoms with van der Waals surface area (Å²) >= 11 is 0. The Bertz CT molecular complexity index is 872. The van der Waals surface area contributed by atoms with Gasteiger partial charge in [0.15, 0.2) is 0 Å². The molecule has 1 amide bonds. The molecule has 0 aliphatic heterocycles. The first-order valence-corrected chi connectivity index (χ1v) is 7.26. The zero-order valence-corrected chi connectivity index (χ0v) is 14.3. The molecule has 1 aromatic carbocycles. The third kappa shape index (κ3) is 3.79. The lowest BCUT2D eigenvalue weighted by Crippen LogP contribution is -2.25. The normalized spacial score (nSPS) is 10.1. The number of methoxy groups -OCH3 is 3. The predicted molar refractivity (Wildman–Crippen MR) is 90.6 cm³/mol. The van der Waals surface area contributed by atoms with Crippen molar-refractivity contribution in [1.29, 1.82) is 0 Å². The second-order valence-corrected chi connectivity index (χ2v) is 5.06. The number of nitrogens with one attached hydrogen (secondary N) is 2. The Morgan fingerprint density at radius 3 is 2.36 bits per heavy atom. The molecule has 2 N–H and O–H groups in total. The van der Waals surface area contributed by atoms with Crippen molar-refractivity contribution < 1.29 is 23.8 Å². The average molecular weight is 346 g/mol. The molecule has 2 rings (SSSR count). The summed E-state index contributed by atoms with van der Waals surface area (Å²) in [7, 11) is 4.15. The first kappa shape index (κ1) is 18.1. The number of aryl methyl sites for hydroxylation is 1. The van der Waals surface area contributed by atoms with Crippen LogP contribution in [0.25, 0.3) is 0 Å². The highest BCUT2D eigenvalue weighted by Crippen LogP contribution is 2.29. The largest absolute Gasteiger partial charge is 0.497 e. The van der Waals surface area contributed by atoms with Crippen LogP contribution >= 0.6 is 0 Å². The standard InChI is InChI=1S/C17H18N2O6/c1-9-11(17(22)25-4)8-12(15(20)18-9)16(21)19-13-7-10(23-2)5-6-14(13)24-3/h5-8H,1-4H3,(H,18,20)(H,19,21). The molecule has 0 atom stereocenters. The predicted octanol–water partition coefficient (Wildman–Crippen LogP) is 1.74. The van der Waals surface area contributed by atoms with Crippen LogP contribution in [-0.2, 0) is 4.74 Å². The van der Waals surface area contributed by atoms with Crippen LogP contribution in [0.3, 0.4) is 0 Å². The van der Waals surface area contributed by atoms with Crippen molar-refractivity contribution in [3.8, 4) is 11.5 Å². The number of hydrogen-bond donors (Lipinski definition) is 2. The topological polar surface area (TPSA) is 107 Å². The molecule has 0 saturated carbocycles. The molecule has 0 radical (unpaired) electrons. The third-order valence-electron chi connectivity index (χ3n) is 3.54. The maximum Gasteiger partial charge on any atom is 0.339 e. The number of H-pyrrole nitrogens is 1. The van der Waals surface area contributed by atoms with Crippen LogP contribution in [0.5, 0.6) is 11.5 Å². The molecule has 0 saturated heterocycles. The lowest BCUT2D eigenvalue weighted by atomic mass is 10.1. The van der Waals surface area contributed by atoms with E-state index in [1.807, 2.05) is 0 Å². The van der Waals surface area contributed by atoms with E-state index in [9.17, 15) is 14.4 Å². The van der Waals surface area contributed by atoms with Gasteiger partial charge < -0.3 is 24.5 Å². The van der Waals surface area contributed by atoms with Crippen LogP contribution in [0.1, 0.15) is 26.4 Å². The SMILES string of the molecule is COC(=O)c1cc(C(=O)Nc2cc(OC)ccc2OC)c(=O)[nH]c1C. The maximum absolute atomic E-state index is 12.5. The van der Waals surface area contributed by atoms with Crippen molar-refractivity contribution in [2.75, 3.05) is 26.6 Å². The van der Waals surface area contributed by atoms with Gasteiger partial charge >= 0.3 is 5.97 Å². The van der Waals surface area contributed by atoms with Crippen LogP contribution in [0.4, 0.5) is 5.69 Å². The lowest BCUT2D eigenvalue weighted by molar-refractivity contribution is 0.0599. The second-order valence-electron chi connectivity index (χ2n) is 5.06. The molecule has 0 unspecified atom stereocenters. The van der Waals surface area contributed by atoms with Gasteiger partial charge in [-0.2, -0.15) is 0 Å².